The number of ether oxygens (including phenoxy) is 1. The minimum absolute atomic E-state index is 0.0147. The fourth-order valence-electron chi connectivity index (χ4n) is 3.60. The Kier molecular flexibility index (Phi) is 8.22. The first-order valence-corrected chi connectivity index (χ1v) is 14.3. The number of aliphatic hydroxyl groups excluding tert-OH is 1. The van der Waals surface area contributed by atoms with Crippen LogP contribution in [0.3, 0.4) is 0 Å². The normalized spacial score (nSPS) is 15.8. The summed E-state index contributed by atoms with van der Waals surface area (Å²) in [4.78, 5) is 0. The van der Waals surface area contributed by atoms with E-state index in [4.69, 9.17) is 4.74 Å². The van der Waals surface area contributed by atoms with Gasteiger partial charge in [-0.25, -0.2) is 16.8 Å². The van der Waals surface area contributed by atoms with E-state index in [1.165, 1.54) is 0 Å². The van der Waals surface area contributed by atoms with Crippen molar-refractivity contribution >= 4 is 31.4 Å². The fraction of sp³-hybridized carbons (Fsp3) is 0.455. The second kappa shape index (κ2) is 10.7. The van der Waals surface area contributed by atoms with Crippen LogP contribution in [0.5, 0.6) is 5.75 Å². The number of aliphatic hydroxyl groups is 1. The van der Waals surface area contributed by atoms with Gasteiger partial charge >= 0.3 is 0 Å². The Balaban J connectivity index is 1.38. The lowest BCUT2D eigenvalue weighted by molar-refractivity contribution is 0.106. The van der Waals surface area contributed by atoms with Crippen molar-refractivity contribution in [1.29, 1.82) is 0 Å². The number of fused-ring (bicyclic) bond motifs is 1. The summed E-state index contributed by atoms with van der Waals surface area (Å²) >= 11 is 0. The highest BCUT2D eigenvalue weighted by molar-refractivity contribution is 7.92. The topological polar surface area (TPSA) is 134 Å². The molecule has 1 heterocycles. The van der Waals surface area contributed by atoms with E-state index in [2.05, 4.69) is 14.8 Å². The van der Waals surface area contributed by atoms with Crippen LogP contribution in [0.25, 0.3) is 0 Å². The van der Waals surface area contributed by atoms with Gasteiger partial charge in [0.15, 0.2) is 0 Å². The predicted octanol–water partition coefficient (Wildman–Crippen LogP) is 1.63. The van der Waals surface area contributed by atoms with Crippen LogP contribution in [0.4, 0.5) is 11.4 Å². The van der Waals surface area contributed by atoms with Crippen molar-refractivity contribution in [2.24, 2.45) is 0 Å². The molecule has 0 spiro atoms. The zero-order valence-electron chi connectivity index (χ0n) is 18.8. The largest absolute Gasteiger partial charge is 0.490 e. The number of sulfonamides is 2. The average molecular weight is 498 g/mol. The van der Waals surface area contributed by atoms with Crippen LogP contribution in [0.15, 0.2) is 36.4 Å². The number of aryl methyl sites for hydroxylation is 2. The Morgan fingerprint density at radius 2 is 1.91 bits per heavy atom. The first-order chi connectivity index (χ1) is 15.5. The number of anilines is 2. The number of benzene rings is 2. The predicted molar refractivity (Wildman–Crippen MR) is 130 cm³/mol. The highest BCUT2D eigenvalue weighted by Crippen LogP contribution is 2.34. The van der Waals surface area contributed by atoms with Gasteiger partial charge in [-0.1, -0.05) is 18.2 Å². The Morgan fingerprint density at radius 3 is 2.61 bits per heavy atom. The molecule has 33 heavy (non-hydrogen) atoms. The second-order valence-corrected chi connectivity index (χ2v) is 11.8. The maximum absolute atomic E-state index is 11.8. The molecule has 9 nitrogen and oxygen atoms in total. The van der Waals surface area contributed by atoms with Gasteiger partial charge in [0, 0.05) is 17.8 Å². The van der Waals surface area contributed by atoms with Gasteiger partial charge in [0.2, 0.25) is 20.0 Å². The molecule has 0 aliphatic carbocycles. The van der Waals surface area contributed by atoms with Crippen molar-refractivity contribution in [2.45, 2.75) is 32.3 Å². The van der Waals surface area contributed by atoms with Crippen molar-refractivity contribution in [1.82, 2.24) is 5.32 Å². The molecule has 1 aliphatic heterocycles. The van der Waals surface area contributed by atoms with Gasteiger partial charge in [0.25, 0.3) is 0 Å². The zero-order chi connectivity index (χ0) is 24.1. The first-order valence-electron chi connectivity index (χ1n) is 10.7. The highest BCUT2D eigenvalue weighted by atomic mass is 32.2. The minimum atomic E-state index is -3.31. The summed E-state index contributed by atoms with van der Waals surface area (Å²) in [5, 5.41) is 13.4. The summed E-state index contributed by atoms with van der Waals surface area (Å²) in [7, 11) is -6.58. The fourth-order valence-corrected chi connectivity index (χ4v) is 5.33. The summed E-state index contributed by atoms with van der Waals surface area (Å²) < 4.78 is 57.0. The molecule has 0 aromatic heterocycles. The summed E-state index contributed by atoms with van der Waals surface area (Å²) in [5.74, 6) is 0.604. The average Bonchev–Trinajstić information content (AvgIpc) is 2.73. The van der Waals surface area contributed by atoms with E-state index < -0.39 is 26.2 Å². The standard InChI is InChI=1S/C22H31N3O6S2/c1-16-5-10-21(20-11-13-33(29,30)25-22(16)20)31-15-19(26)14-23-12-3-4-17-6-8-18(9-7-17)24-32(2,27)28/h5-10,19,23-26H,3-4,11-15H2,1-2H3. The number of nitrogens with one attached hydrogen (secondary N) is 3. The van der Waals surface area contributed by atoms with Crippen LogP contribution in [0, 0.1) is 6.92 Å². The highest BCUT2D eigenvalue weighted by Gasteiger charge is 2.24. The van der Waals surface area contributed by atoms with E-state index in [0.717, 1.165) is 35.8 Å². The van der Waals surface area contributed by atoms with Gasteiger partial charge < -0.3 is 15.2 Å². The maximum atomic E-state index is 11.8. The molecule has 0 bridgehead atoms. The molecule has 0 saturated heterocycles. The molecule has 0 radical (unpaired) electrons. The molecule has 2 aromatic carbocycles. The lowest BCUT2D eigenvalue weighted by atomic mass is 10.0. The third-order valence-corrected chi connectivity index (χ3v) is 7.11. The van der Waals surface area contributed by atoms with E-state index in [9.17, 15) is 21.9 Å². The SMILES string of the molecule is Cc1ccc(OCC(O)CNCCCc2ccc(NS(C)(=O)=O)cc2)c2c1NS(=O)(=O)CC2. The lowest BCUT2D eigenvalue weighted by Crippen LogP contribution is -2.32. The van der Waals surface area contributed by atoms with Crippen molar-refractivity contribution < 1.29 is 26.7 Å². The Labute approximate surface area is 195 Å². The zero-order valence-corrected chi connectivity index (χ0v) is 20.4. The van der Waals surface area contributed by atoms with E-state index in [1.54, 1.807) is 18.2 Å². The molecule has 4 N–H and O–H groups in total. The van der Waals surface area contributed by atoms with Crippen LogP contribution >= 0.6 is 0 Å². The van der Waals surface area contributed by atoms with Crippen LogP contribution < -0.4 is 19.5 Å². The van der Waals surface area contributed by atoms with Gasteiger partial charge in [-0.2, -0.15) is 0 Å². The Hall–Kier alpha value is -2.34. The molecule has 3 rings (SSSR count). The first kappa shape index (κ1) is 25.3. The summed E-state index contributed by atoms with van der Waals surface area (Å²) in [6.45, 7) is 3.03. The van der Waals surface area contributed by atoms with Gasteiger partial charge in [-0.15, -0.1) is 0 Å². The monoisotopic (exact) mass is 497 g/mol. The number of rotatable bonds is 11. The van der Waals surface area contributed by atoms with Crippen LogP contribution in [0.1, 0.15) is 23.1 Å². The molecule has 0 amide bonds. The van der Waals surface area contributed by atoms with Crippen LogP contribution in [-0.4, -0.2) is 59.8 Å². The van der Waals surface area contributed by atoms with Crippen molar-refractivity contribution in [2.75, 3.05) is 41.1 Å². The summed E-state index contributed by atoms with van der Waals surface area (Å²) in [5.41, 5.74) is 3.87. The van der Waals surface area contributed by atoms with Crippen molar-refractivity contribution in [3.63, 3.8) is 0 Å². The van der Waals surface area contributed by atoms with E-state index >= 15 is 0 Å². The number of hydrogen-bond acceptors (Lipinski definition) is 7. The summed E-state index contributed by atoms with van der Waals surface area (Å²) in [6.07, 6.45) is 2.47. The number of hydrogen-bond donors (Lipinski definition) is 4. The van der Waals surface area contributed by atoms with Gasteiger partial charge in [-0.3, -0.25) is 9.44 Å². The molecule has 1 unspecified atom stereocenters. The maximum Gasteiger partial charge on any atom is 0.233 e. The molecule has 1 atom stereocenters. The Bertz CT molecular complexity index is 1170. The quantitative estimate of drug-likeness (QED) is 0.347. The molecule has 182 valence electrons. The Morgan fingerprint density at radius 1 is 1.18 bits per heavy atom. The smallest absolute Gasteiger partial charge is 0.233 e. The molecular formula is C22H31N3O6S2. The van der Waals surface area contributed by atoms with E-state index in [-0.39, 0.29) is 12.4 Å². The molecule has 1 aliphatic rings. The molecule has 2 aromatic rings. The van der Waals surface area contributed by atoms with E-state index in [1.807, 2.05) is 25.1 Å². The summed E-state index contributed by atoms with van der Waals surface area (Å²) in [6, 6.07) is 10.9. The van der Waals surface area contributed by atoms with E-state index in [0.29, 0.717) is 36.6 Å². The third kappa shape index (κ3) is 7.88. The third-order valence-electron chi connectivity index (χ3n) is 5.24. The molecule has 11 heteroatoms. The minimum Gasteiger partial charge on any atom is -0.490 e. The van der Waals surface area contributed by atoms with Crippen molar-refractivity contribution in [3.8, 4) is 5.75 Å². The lowest BCUT2D eigenvalue weighted by Gasteiger charge is -2.23. The molecule has 0 fully saturated rings. The second-order valence-electron chi connectivity index (χ2n) is 8.25. The van der Waals surface area contributed by atoms with Crippen LogP contribution in [-0.2, 0) is 32.9 Å². The van der Waals surface area contributed by atoms with Gasteiger partial charge in [0.1, 0.15) is 18.5 Å². The molecule has 0 saturated carbocycles. The van der Waals surface area contributed by atoms with Crippen LogP contribution in [0.2, 0.25) is 0 Å². The van der Waals surface area contributed by atoms with Gasteiger partial charge in [-0.05, 0) is 62.1 Å². The van der Waals surface area contributed by atoms with Crippen molar-refractivity contribution in [3.05, 3.63) is 53.1 Å². The molecular weight excluding hydrogens is 466 g/mol. The van der Waals surface area contributed by atoms with Gasteiger partial charge in [0.05, 0.1) is 17.7 Å².